The van der Waals surface area contributed by atoms with Crippen molar-refractivity contribution in [3.8, 4) is 0 Å². The standard InChI is InChI=1S/C12H24N2O2S/c1-2-3-9-17(15,16)14-10-12-6-4-5-11(12)13-8-7-12/h11,13-14H,2-10H2,1H3/t11-,12-/m1/s1. The van der Waals surface area contributed by atoms with Crippen LogP contribution in [0.5, 0.6) is 0 Å². The van der Waals surface area contributed by atoms with Crippen molar-refractivity contribution >= 4 is 10.0 Å². The van der Waals surface area contributed by atoms with Gasteiger partial charge < -0.3 is 5.32 Å². The zero-order valence-corrected chi connectivity index (χ0v) is 11.5. The van der Waals surface area contributed by atoms with E-state index >= 15 is 0 Å². The van der Waals surface area contributed by atoms with Gasteiger partial charge in [-0.2, -0.15) is 0 Å². The van der Waals surface area contributed by atoms with E-state index in [1.165, 1.54) is 19.3 Å². The molecule has 0 bridgehead atoms. The van der Waals surface area contributed by atoms with Crippen LogP contribution in [0.3, 0.4) is 0 Å². The van der Waals surface area contributed by atoms with Crippen LogP contribution in [0.4, 0.5) is 0 Å². The second-order valence-corrected chi connectivity index (χ2v) is 7.43. The average Bonchev–Trinajstić information content (AvgIpc) is 2.83. The fraction of sp³-hybridized carbons (Fsp3) is 1.00. The summed E-state index contributed by atoms with van der Waals surface area (Å²) < 4.78 is 26.4. The zero-order chi connectivity index (χ0) is 12.4. The van der Waals surface area contributed by atoms with Gasteiger partial charge in [-0.25, -0.2) is 13.1 Å². The third kappa shape index (κ3) is 3.01. The largest absolute Gasteiger partial charge is 0.313 e. The van der Waals surface area contributed by atoms with Crippen molar-refractivity contribution in [1.82, 2.24) is 10.0 Å². The molecule has 1 aliphatic carbocycles. The van der Waals surface area contributed by atoms with Crippen LogP contribution in [-0.2, 0) is 10.0 Å². The summed E-state index contributed by atoms with van der Waals surface area (Å²) in [5.74, 6) is 0.275. The van der Waals surface area contributed by atoms with E-state index in [0.29, 0.717) is 12.6 Å². The summed E-state index contributed by atoms with van der Waals surface area (Å²) >= 11 is 0. The molecule has 0 aromatic rings. The minimum Gasteiger partial charge on any atom is -0.313 e. The van der Waals surface area contributed by atoms with Crippen molar-refractivity contribution < 1.29 is 8.42 Å². The summed E-state index contributed by atoms with van der Waals surface area (Å²) in [6, 6.07) is 0.538. The molecule has 2 fully saturated rings. The van der Waals surface area contributed by atoms with E-state index in [2.05, 4.69) is 10.0 Å². The summed E-state index contributed by atoms with van der Waals surface area (Å²) in [5.41, 5.74) is 0.208. The molecule has 0 aromatic heterocycles. The van der Waals surface area contributed by atoms with Crippen molar-refractivity contribution in [3.63, 3.8) is 0 Å². The maximum atomic E-state index is 11.8. The summed E-state index contributed by atoms with van der Waals surface area (Å²) in [4.78, 5) is 0. The Morgan fingerprint density at radius 3 is 3.00 bits per heavy atom. The van der Waals surface area contributed by atoms with Crippen molar-refractivity contribution in [2.24, 2.45) is 5.41 Å². The van der Waals surface area contributed by atoms with Gasteiger partial charge in [0, 0.05) is 18.0 Å². The van der Waals surface area contributed by atoms with E-state index in [1.807, 2.05) is 6.92 Å². The van der Waals surface area contributed by atoms with Crippen molar-refractivity contribution in [1.29, 1.82) is 0 Å². The van der Waals surface area contributed by atoms with Gasteiger partial charge in [-0.1, -0.05) is 19.8 Å². The van der Waals surface area contributed by atoms with Crippen LogP contribution in [0.15, 0.2) is 0 Å². The first-order valence-electron chi connectivity index (χ1n) is 6.79. The Labute approximate surface area is 105 Å². The van der Waals surface area contributed by atoms with Crippen LogP contribution in [0.1, 0.15) is 45.4 Å². The summed E-state index contributed by atoms with van der Waals surface area (Å²) in [5, 5.41) is 3.50. The highest BCUT2D eigenvalue weighted by atomic mass is 32.2. The van der Waals surface area contributed by atoms with Crippen LogP contribution in [0.25, 0.3) is 0 Å². The lowest BCUT2D eigenvalue weighted by Crippen LogP contribution is -2.42. The lowest BCUT2D eigenvalue weighted by Gasteiger charge is -2.28. The lowest BCUT2D eigenvalue weighted by molar-refractivity contribution is 0.287. The van der Waals surface area contributed by atoms with E-state index < -0.39 is 10.0 Å². The molecule has 4 nitrogen and oxygen atoms in total. The molecule has 1 heterocycles. The fourth-order valence-electron chi connectivity index (χ4n) is 3.21. The van der Waals surface area contributed by atoms with E-state index in [1.54, 1.807) is 0 Å². The minimum atomic E-state index is -3.05. The van der Waals surface area contributed by atoms with Crippen LogP contribution in [-0.4, -0.2) is 33.3 Å². The second kappa shape index (κ2) is 5.24. The molecule has 2 N–H and O–H groups in total. The number of nitrogens with one attached hydrogen (secondary N) is 2. The van der Waals surface area contributed by atoms with E-state index in [0.717, 1.165) is 25.8 Å². The van der Waals surface area contributed by atoms with Gasteiger partial charge in [-0.3, -0.25) is 0 Å². The topological polar surface area (TPSA) is 58.2 Å². The van der Waals surface area contributed by atoms with Gasteiger partial charge in [0.05, 0.1) is 5.75 Å². The summed E-state index contributed by atoms with van der Waals surface area (Å²) in [6.45, 7) is 3.69. The molecular weight excluding hydrogens is 236 g/mol. The second-order valence-electron chi connectivity index (χ2n) is 5.50. The highest BCUT2D eigenvalue weighted by molar-refractivity contribution is 7.89. The minimum absolute atomic E-state index is 0.208. The zero-order valence-electron chi connectivity index (χ0n) is 10.7. The molecule has 2 rings (SSSR count). The van der Waals surface area contributed by atoms with E-state index in [4.69, 9.17) is 0 Å². The quantitative estimate of drug-likeness (QED) is 0.755. The fourth-order valence-corrected chi connectivity index (χ4v) is 4.53. The maximum absolute atomic E-state index is 11.8. The smallest absolute Gasteiger partial charge is 0.211 e. The van der Waals surface area contributed by atoms with Gasteiger partial charge in [0.25, 0.3) is 0 Å². The molecule has 17 heavy (non-hydrogen) atoms. The molecule has 0 spiro atoms. The highest BCUT2D eigenvalue weighted by Gasteiger charge is 2.46. The lowest BCUT2D eigenvalue weighted by atomic mass is 9.83. The van der Waals surface area contributed by atoms with Gasteiger partial charge in [0.1, 0.15) is 0 Å². The number of hydrogen-bond acceptors (Lipinski definition) is 3. The molecule has 2 atom stereocenters. The monoisotopic (exact) mass is 260 g/mol. The average molecular weight is 260 g/mol. The van der Waals surface area contributed by atoms with Gasteiger partial charge in [-0.15, -0.1) is 0 Å². The number of rotatable bonds is 6. The number of unbranched alkanes of at least 4 members (excludes halogenated alkanes) is 1. The molecule has 1 saturated heterocycles. The number of fused-ring (bicyclic) bond motifs is 1. The van der Waals surface area contributed by atoms with Gasteiger partial charge >= 0.3 is 0 Å². The first-order chi connectivity index (χ1) is 8.08. The maximum Gasteiger partial charge on any atom is 0.211 e. The third-order valence-corrected chi connectivity index (χ3v) is 5.74. The molecule has 1 aliphatic heterocycles. The predicted molar refractivity (Wildman–Crippen MR) is 69.4 cm³/mol. The molecule has 0 radical (unpaired) electrons. The number of hydrogen-bond donors (Lipinski definition) is 2. The SMILES string of the molecule is CCCCS(=O)(=O)NC[C@]12CCC[C@H]1NCC2. The van der Waals surface area contributed by atoms with Gasteiger partial charge in [0.2, 0.25) is 10.0 Å². The van der Waals surface area contributed by atoms with Crippen LogP contribution in [0, 0.1) is 5.41 Å². The van der Waals surface area contributed by atoms with Crippen LogP contribution in [0.2, 0.25) is 0 Å². The molecule has 0 aromatic carbocycles. The number of sulfonamides is 1. The first-order valence-corrected chi connectivity index (χ1v) is 8.44. The normalized spacial score (nSPS) is 32.9. The Bertz CT molecular complexity index is 344. The van der Waals surface area contributed by atoms with E-state index in [-0.39, 0.29) is 11.2 Å². The third-order valence-electron chi connectivity index (χ3n) is 4.33. The van der Waals surface area contributed by atoms with Crippen molar-refractivity contribution in [2.45, 2.75) is 51.5 Å². The molecule has 2 aliphatic rings. The Kier molecular flexibility index (Phi) is 4.10. The van der Waals surface area contributed by atoms with Crippen molar-refractivity contribution in [2.75, 3.05) is 18.8 Å². The molecular formula is C12H24N2O2S. The summed E-state index contributed by atoms with van der Waals surface area (Å²) in [6.07, 6.45) is 6.40. The predicted octanol–water partition coefficient (Wildman–Crippen LogP) is 1.24. The summed E-state index contributed by atoms with van der Waals surface area (Å²) in [7, 11) is -3.05. The Hall–Kier alpha value is -0.130. The van der Waals surface area contributed by atoms with Gasteiger partial charge in [0.15, 0.2) is 0 Å². The Balaban J connectivity index is 1.89. The molecule has 100 valence electrons. The molecule has 5 heteroatoms. The molecule has 1 saturated carbocycles. The van der Waals surface area contributed by atoms with Crippen LogP contribution < -0.4 is 10.0 Å². The highest BCUT2D eigenvalue weighted by Crippen LogP contribution is 2.44. The van der Waals surface area contributed by atoms with Gasteiger partial charge in [-0.05, 0) is 32.2 Å². The van der Waals surface area contributed by atoms with Crippen LogP contribution >= 0.6 is 0 Å². The Morgan fingerprint density at radius 2 is 2.24 bits per heavy atom. The molecule has 0 amide bonds. The van der Waals surface area contributed by atoms with Crippen molar-refractivity contribution in [3.05, 3.63) is 0 Å². The molecule has 0 unspecified atom stereocenters. The first kappa shape index (κ1) is 13.3. The Morgan fingerprint density at radius 1 is 1.41 bits per heavy atom. The van der Waals surface area contributed by atoms with E-state index in [9.17, 15) is 8.42 Å².